The first kappa shape index (κ1) is 27.5. The summed E-state index contributed by atoms with van der Waals surface area (Å²) in [5.74, 6) is 6.59. The van der Waals surface area contributed by atoms with Crippen molar-refractivity contribution in [1.82, 2.24) is 10.6 Å². The van der Waals surface area contributed by atoms with Gasteiger partial charge in [0.2, 0.25) is 5.91 Å². The summed E-state index contributed by atoms with van der Waals surface area (Å²) in [5, 5.41) is 5.44. The van der Waals surface area contributed by atoms with Crippen molar-refractivity contribution < 1.29 is 33.4 Å². The molecule has 2 atom stereocenters. The van der Waals surface area contributed by atoms with E-state index in [4.69, 9.17) is 24.8 Å². The highest BCUT2D eigenvalue weighted by Crippen LogP contribution is 2.52. The summed E-state index contributed by atoms with van der Waals surface area (Å²) >= 11 is 0. The summed E-state index contributed by atoms with van der Waals surface area (Å²) in [6, 6.07) is 0. The number of amides is 2. The maximum atomic E-state index is 11.8. The molecule has 0 aromatic carbocycles. The number of ether oxygens (including phenoxy) is 4. The molecule has 2 rings (SSSR count). The average Bonchev–Trinajstić information content (AvgIpc) is 3.44. The number of nitrogens with two attached hydrogens (primary N) is 1. The molecule has 0 spiro atoms. The Morgan fingerprint density at radius 2 is 1.36 bits per heavy atom. The summed E-state index contributed by atoms with van der Waals surface area (Å²) in [5.41, 5.74) is 0. The number of fused-ring (bicyclic) bond motifs is 1. The van der Waals surface area contributed by atoms with Gasteiger partial charge >= 0.3 is 6.09 Å². The number of carbonyl (C=O) groups is 2. The lowest BCUT2D eigenvalue weighted by molar-refractivity contribution is -0.125. The van der Waals surface area contributed by atoms with Crippen LogP contribution < -0.4 is 16.5 Å². The fourth-order valence-electron chi connectivity index (χ4n) is 4.10. The van der Waals surface area contributed by atoms with E-state index in [2.05, 4.69) is 27.6 Å². The minimum atomic E-state index is -0.331. The van der Waals surface area contributed by atoms with Crippen LogP contribution in [0.2, 0.25) is 0 Å². The normalized spacial score (nSPS) is 21.5. The molecular formula is C23H41N3O7. The van der Waals surface area contributed by atoms with Crippen molar-refractivity contribution >= 4 is 12.0 Å². The zero-order valence-electron chi connectivity index (χ0n) is 19.6. The molecule has 2 aliphatic carbocycles. The van der Waals surface area contributed by atoms with E-state index in [-0.39, 0.29) is 18.6 Å². The molecular weight excluding hydrogens is 430 g/mol. The predicted molar refractivity (Wildman–Crippen MR) is 122 cm³/mol. The zero-order valence-corrected chi connectivity index (χ0v) is 19.6. The lowest BCUT2D eigenvalue weighted by atomic mass is 10.1. The largest absolute Gasteiger partial charge is 0.449 e. The van der Waals surface area contributed by atoms with Crippen molar-refractivity contribution in [3.8, 4) is 0 Å². The van der Waals surface area contributed by atoms with Crippen LogP contribution in [0.3, 0.4) is 0 Å². The summed E-state index contributed by atoms with van der Waals surface area (Å²) in [6.07, 6.45) is 10.4. The van der Waals surface area contributed by atoms with E-state index in [0.717, 1.165) is 31.1 Å². The molecule has 0 heterocycles. The van der Waals surface area contributed by atoms with Crippen LogP contribution in [0.4, 0.5) is 4.79 Å². The van der Waals surface area contributed by atoms with Gasteiger partial charge in [0.15, 0.2) is 0 Å². The first-order valence-electron chi connectivity index (χ1n) is 12.1. The van der Waals surface area contributed by atoms with Crippen LogP contribution in [0.15, 0.2) is 12.2 Å². The second-order valence-corrected chi connectivity index (χ2v) is 8.35. The third-order valence-electron chi connectivity index (χ3n) is 5.90. The van der Waals surface area contributed by atoms with E-state index in [1.54, 1.807) is 0 Å². The average molecular weight is 472 g/mol. The van der Waals surface area contributed by atoms with Crippen LogP contribution in [0.1, 0.15) is 38.5 Å². The molecule has 1 saturated carbocycles. The Morgan fingerprint density at radius 1 is 0.818 bits per heavy atom. The highest BCUT2D eigenvalue weighted by Gasteiger charge is 2.49. The Bertz CT molecular complexity index is 560. The first-order valence-corrected chi connectivity index (χ1v) is 12.1. The van der Waals surface area contributed by atoms with Crippen molar-refractivity contribution in [3.05, 3.63) is 12.2 Å². The molecule has 0 aromatic rings. The Kier molecular flexibility index (Phi) is 14.8. The molecule has 1 fully saturated rings. The van der Waals surface area contributed by atoms with E-state index in [1.807, 2.05) is 0 Å². The van der Waals surface area contributed by atoms with Crippen molar-refractivity contribution in [2.24, 2.45) is 23.7 Å². The Morgan fingerprint density at radius 3 is 1.94 bits per heavy atom. The molecule has 33 heavy (non-hydrogen) atoms. The van der Waals surface area contributed by atoms with Crippen molar-refractivity contribution in [3.63, 3.8) is 0 Å². The number of hydrogen-bond donors (Lipinski definition) is 3. The van der Waals surface area contributed by atoms with Gasteiger partial charge in [-0.1, -0.05) is 12.2 Å². The zero-order chi connectivity index (χ0) is 23.6. The van der Waals surface area contributed by atoms with Crippen LogP contribution in [0.25, 0.3) is 0 Å². The lowest BCUT2D eigenvalue weighted by Gasteiger charge is -2.08. The van der Waals surface area contributed by atoms with Crippen molar-refractivity contribution in [2.75, 3.05) is 65.9 Å². The fourth-order valence-corrected chi connectivity index (χ4v) is 4.10. The van der Waals surface area contributed by atoms with E-state index < -0.39 is 0 Å². The van der Waals surface area contributed by atoms with Gasteiger partial charge in [-0.3, -0.25) is 9.63 Å². The minimum Gasteiger partial charge on any atom is -0.449 e. The number of allylic oxidation sites excluding steroid dienone is 2. The number of hydrogen-bond acceptors (Lipinski definition) is 8. The molecule has 0 aliphatic heterocycles. The molecule has 0 radical (unpaired) electrons. The third kappa shape index (κ3) is 12.9. The topological polar surface area (TPSA) is 130 Å². The fraction of sp³-hybridized carbons (Fsp3) is 0.826. The van der Waals surface area contributed by atoms with Crippen molar-refractivity contribution in [1.29, 1.82) is 0 Å². The lowest BCUT2D eigenvalue weighted by Crippen LogP contribution is -2.30. The van der Waals surface area contributed by atoms with E-state index in [9.17, 15) is 9.59 Å². The molecule has 10 heteroatoms. The van der Waals surface area contributed by atoms with Gasteiger partial charge in [0.1, 0.15) is 6.61 Å². The van der Waals surface area contributed by atoms with Gasteiger partial charge in [0, 0.05) is 26.3 Å². The minimum absolute atomic E-state index is 0.140. The standard InChI is InChI=1S/C23H41N3O7/c24-33-18-22(27)25-9-5-11-29-13-15-31-16-14-30-12-6-10-26-23(28)32-17-21-19-7-3-1-2-4-8-20(19)21/h1-2,19-21H,3-18,24H2,(H,25,27)(H,26,28). The molecule has 0 saturated heterocycles. The van der Waals surface area contributed by atoms with E-state index in [0.29, 0.717) is 71.7 Å². The SMILES string of the molecule is NOCC(=O)NCCCOCCOCCOCCCNC(=O)OCC1C2CCC=CCCC21. The van der Waals surface area contributed by atoms with Crippen LogP contribution in [-0.2, 0) is 28.6 Å². The number of alkyl carbamates (subject to hydrolysis) is 1. The molecule has 4 N–H and O–H groups in total. The van der Waals surface area contributed by atoms with Gasteiger partial charge in [-0.2, -0.15) is 0 Å². The number of carbonyl (C=O) groups excluding carboxylic acids is 2. The predicted octanol–water partition coefficient (Wildman–Crippen LogP) is 1.54. The molecule has 2 unspecified atom stereocenters. The molecule has 0 aromatic heterocycles. The van der Waals surface area contributed by atoms with Gasteiger partial charge in [-0.15, -0.1) is 0 Å². The van der Waals surface area contributed by atoms with Gasteiger partial charge in [0.05, 0.1) is 33.0 Å². The molecule has 0 bridgehead atoms. The summed E-state index contributed by atoms with van der Waals surface area (Å²) in [6.45, 7) is 4.52. The second kappa shape index (κ2) is 17.7. The Hall–Kier alpha value is -1.72. The smallest absolute Gasteiger partial charge is 0.407 e. The Labute approximate surface area is 196 Å². The number of nitrogens with one attached hydrogen (secondary N) is 2. The summed E-state index contributed by atoms with van der Waals surface area (Å²) < 4.78 is 21.7. The highest BCUT2D eigenvalue weighted by atomic mass is 16.6. The Balaban J connectivity index is 1.27. The van der Waals surface area contributed by atoms with Crippen molar-refractivity contribution in [2.45, 2.75) is 38.5 Å². The van der Waals surface area contributed by atoms with Crippen LogP contribution in [-0.4, -0.2) is 77.9 Å². The van der Waals surface area contributed by atoms with Gasteiger partial charge in [-0.05, 0) is 56.3 Å². The van der Waals surface area contributed by atoms with Crippen LogP contribution in [0, 0.1) is 17.8 Å². The quantitative estimate of drug-likeness (QED) is 0.156. The summed E-state index contributed by atoms with van der Waals surface area (Å²) in [4.78, 5) is 27.2. The maximum Gasteiger partial charge on any atom is 0.407 e. The highest BCUT2D eigenvalue weighted by molar-refractivity contribution is 5.77. The van der Waals surface area contributed by atoms with Gasteiger partial charge in [0.25, 0.3) is 0 Å². The van der Waals surface area contributed by atoms with Gasteiger partial charge < -0.3 is 29.6 Å². The van der Waals surface area contributed by atoms with E-state index >= 15 is 0 Å². The van der Waals surface area contributed by atoms with Gasteiger partial charge in [-0.25, -0.2) is 10.7 Å². The number of rotatable bonds is 18. The molecule has 2 amide bonds. The molecule has 10 nitrogen and oxygen atoms in total. The van der Waals surface area contributed by atoms with Crippen LogP contribution in [0.5, 0.6) is 0 Å². The first-order chi connectivity index (χ1) is 16.2. The monoisotopic (exact) mass is 471 g/mol. The van der Waals surface area contributed by atoms with Crippen LogP contribution >= 0.6 is 0 Å². The summed E-state index contributed by atoms with van der Waals surface area (Å²) in [7, 11) is 0. The maximum absolute atomic E-state index is 11.8. The molecule has 2 aliphatic rings. The molecule has 190 valence electrons. The second-order valence-electron chi connectivity index (χ2n) is 8.35. The van der Waals surface area contributed by atoms with E-state index in [1.165, 1.54) is 12.8 Å². The third-order valence-corrected chi connectivity index (χ3v) is 5.90.